The van der Waals surface area contributed by atoms with E-state index in [1.54, 1.807) is 19.2 Å². The summed E-state index contributed by atoms with van der Waals surface area (Å²) in [5.74, 6) is 0.856. The van der Waals surface area contributed by atoms with Gasteiger partial charge in [0, 0.05) is 6.04 Å². The average Bonchev–Trinajstić information content (AvgIpc) is 3.52. The fourth-order valence-corrected chi connectivity index (χ4v) is 5.51. The Morgan fingerprint density at radius 2 is 1.78 bits per heavy atom. The lowest BCUT2D eigenvalue weighted by Crippen LogP contribution is -2.37. The molecule has 2 fully saturated rings. The molecule has 1 aliphatic heterocycles. The van der Waals surface area contributed by atoms with Crippen LogP contribution in [0.5, 0.6) is 11.5 Å². The first kappa shape index (κ1) is 24.1. The minimum Gasteiger partial charge on any atom is -0.493 e. The van der Waals surface area contributed by atoms with E-state index in [-0.39, 0.29) is 17.8 Å². The van der Waals surface area contributed by atoms with Crippen molar-refractivity contribution < 1.29 is 18.7 Å². The molecule has 0 spiro atoms. The predicted octanol–water partition coefficient (Wildman–Crippen LogP) is 6.96. The predicted molar refractivity (Wildman–Crippen MR) is 142 cm³/mol. The van der Waals surface area contributed by atoms with Crippen molar-refractivity contribution in [3.63, 3.8) is 0 Å². The van der Waals surface area contributed by atoms with Crippen LogP contribution in [0.1, 0.15) is 36.8 Å². The number of carbonyl (C=O) groups is 1. The van der Waals surface area contributed by atoms with Gasteiger partial charge in [-0.25, -0.2) is 9.38 Å². The summed E-state index contributed by atoms with van der Waals surface area (Å²) >= 11 is 1.41. The number of para-hydroxylation sites is 1. The number of carbonyl (C=O) groups excluding carboxylic acids is 1. The summed E-state index contributed by atoms with van der Waals surface area (Å²) in [6, 6.07) is 21.7. The van der Waals surface area contributed by atoms with Gasteiger partial charge in [-0.1, -0.05) is 49.2 Å². The van der Waals surface area contributed by atoms with Crippen molar-refractivity contribution in [2.75, 3.05) is 7.11 Å². The third-order valence-electron chi connectivity index (χ3n) is 6.30. The van der Waals surface area contributed by atoms with Gasteiger partial charge in [0.15, 0.2) is 16.7 Å². The van der Waals surface area contributed by atoms with Gasteiger partial charge in [0.1, 0.15) is 12.4 Å². The van der Waals surface area contributed by atoms with Crippen LogP contribution >= 0.6 is 11.8 Å². The van der Waals surface area contributed by atoms with E-state index in [0.717, 1.165) is 47.7 Å². The average molecular weight is 503 g/mol. The highest BCUT2D eigenvalue weighted by Gasteiger charge is 2.39. The fraction of sp³-hybridized carbons (Fsp3) is 0.241. The molecule has 3 aromatic carbocycles. The van der Waals surface area contributed by atoms with Crippen LogP contribution in [0.3, 0.4) is 0 Å². The summed E-state index contributed by atoms with van der Waals surface area (Å²) in [5, 5.41) is 0.732. The van der Waals surface area contributed by atoms with Crippen molar-refractivity contribution in [2.24, 2.45) is 4.99 Å². The molecule has 3 aromatic rings. The molecular weight excluding hydrogens is 475 g/mol. The van der Waals surface area contributed by atoms with Gasteiger partial charge in [-0.3, -0.25) is 9.69 Å². The summed E-state index contributed by atoms with van der Waals surface area (Å²) in [7, 11) is 1.58. The highest BCUT2D eigenvalue weighted by Crippen LogP contribution is 2.39. The highest BCUT2D eigenvalue weighted by molar-refractivity contribution is 8.18. The monoisotopic (exact) mass is 502 g/mol. The first-order chi connectivity index (χ1) is 17.6. The molecule has 1 amide bonds. The van der Waals surface area contributed by atoms with E-state index in [1.807, 2.05) is 59.5 Å². The Balaban J connectivity index is 1.38. The molecule has 184 valence electrons. The molecule has 2 aliphatic rings. The van der Waals surface area contributed by atoms with E-state index in [4.69, 9.17) is 14.5 Å². The maximum atomic E-state index is 13.5. The minimum atomic E-state index is -0.281. The van der Waals surface area contributed by atoms with Crippen LogP contribution in [0, 0.1) is 5.82 Å². The van der Waals surface area contributed by atoms with Crippen molar-refractivity contribution >= 4 is 34.6 Å². The van der Waals surface area contributed by atoms with Gasteiger partial charge >= 0.3 is 0 Å². The number of amides is 1. The van der Waals surface area contributed by atoms with Crippen molar-refractivity contribution in [3.05, 3.63) is 94.6 Å². The lowest BCUT2D eigenvalue weighted by Gasteiger charge is -2.22. The van der Waals surface area contributed by atoms with Crippen molar-refractivity contribution in [3.8, 4) is 11.5 Å². The Hall–Kier alpha value is -3.58. The third-order valence-corrected chi connectivity index (χ3v) is 7.28. The number of methoxy groups -OCH3 is 1. The fourth-order valence-electron chi connectivity index (χ4n) is 4.45. The summed E-state index contributed by atoms with van der Waals surface area (Å²) in [5.41, 5.74) is 2.53. The number of hydrogen-bond donors (Lipinski definition) is 0. The number of nitrogens with zero attached hydrogens (tertiary/aromatic N) is 2. The molecular formula is C29H27FN2O3S. The van der Waals surface area contributed by atoms with E-state index < -0.39 is 0 Å². The number of halogens is 1. The van der Waals surface area contributed by atoms with Crippen LogP contribution in [0.15, 0.2) is 82.7 Å². The SMILES string of the molecule is COc1cc(/C=C2\SC(=Nc3ccccc3)N(C3CCCC3)C2=O)ccc1OCc1ccc(F)cc1. The molecule has 0 N–H and O–H groups in total. The molecule has 1 aliphatic carbocycles. The second-order valence-corrected chi connectivity index (χ2v) is 9.79. The van der Waals surface area contributed by atoms with Gasteiger partial charge in [0.2, 0.25) is 0 Å². The molecule has 5 nitrogen and oxygen atoms in total. The summed E-state index contributed by atoms with van der Waals surface area (Å²) in [6.45, 7) is 0.293. The zero-order chi connectivity index (χ0) is 24.9. The summed E-state index contributed by atoms with van der Waals surface area (Å²) < 4.78 is 24.6. The number of benzene rings is 3. The zero-order valence-corrected chi connectivity index (χ0v) is 20.8. The van der Waals surface area contributed by atoms with Gasteiger partial charge in [0.25, 0.3) is 5.91 Å². The Bertz CT molecular complexity index is 1290. The molecule has 0 radical (unpaired) electrons. The van der Waals surface area contributed by atoms with Gasteiger partial charge in [0.05, 0.1) is 17.7 Å². The molecule has 0 aromatic heterocycles. The van der Waals surface area contributed by atoms with Crippen LogP contribution < -0.4 is 9.47 Å². The first-order valence-corrected chi connectivity index (χ1v) is 12.8. The number of hydrogen-bond acceptors (Lipinski definition) is 5. The van der Waals surface area contributed by atoms with Crippen LogP contribution in [0.25, 0.3) is 6.08 Å². The number of thioether (sulfide) groups is 1. The van der Waals surface area contributed by atoms with E-state index in [1.165, 1.54) is 23.9 Å². The van der Waals surface area contributed by atoms with Crippen molar-refractivity contribution in [1.82, 2.24) is 4.90 Å². The lowest BCUT2D eigenvalue weighted by atomic mass is 10.1. The smallest absolute Gasteiger partial charge is 0.267 e. The minimum absolute atomic E-state index is 0.00261. The van der Waals surface area contributed by atoms with Gasteiger partial charge in [-0.2, -0.15) is 0 Å². The second kappa shape index (κ2) is 11.0. The molecule has 0 bridgehead atoms. The van der Waals surface area contributed by atoms with Crippen LogP contribution in [-0.2, 0) is 11.4 Å². The Labute approximate surface area is 214 Å². The topological polar surface area (TPSA) is 51.1 Å². The van der Waals surface area contributed by atoms with E-state index in [9.17, 15) is 9.18 Å². The second-order valence-electron chi connectivity index (χ2n) is 8.78. The molecule has 36 heavy (non-hydrogen) atoms. The van der Waals surface area contributed by atoms with E-state index in [0.29, 0.717) is 23.0 Å². The van der Waals surface area contributed by atoms with Gasteiger partial charge in [-0.15, -0.1) is 0 Å². The third kappa shape index (κ3) is 5.46. The summed E-state index contributed by atoms with van der Waals surface area (Å²) in [4.78, 5) is 20.8. The van der Waals surface area contributed by atoms with Crippen molar-refractivity contribution in [2.45, 2.75) is 38.3 Å². The molecule has 1 saturated heterocycles. The number of rotatable bonds is 7. The maximum Gasteiger partial charge on any atom is 0.267 e. The zero-order valence-electron chi connectivity index (χ0n) is 20.0. The maximum absolute atomic E-state index is 13.5. The van der Waals surface area contributed by atoms with Crippen LogP contribution in [-0.4, -0.2) is 29.1 Å². The molecule has 0 unspecified atom stereocenters. The molecule has 1 saturated carbocycles. The number of amidine groups is 1. The Kier molecular flexibility index (Phi) is 7.37. The first-order valence-electron chi connectivity index (χ1n) is 12.0. The van der Waals surface area contributed by atoms with E-state index >= 15 is 0 Å². The van der Waals surface area contributed by atoms with Crippen LogP contribution in [0.2, 0.25) is 0 Å². The molecule has 1 heterocycles. The quantitative estimate of drug-likeness (QED) is 0.328. The van der Waals surface area contributed by atoms with Gasteiger partial charge in [-0.05, 0) is 78.2 Å². The molecule has 0 atom stereocenters. The lowest BCUT2D eigenvalue weighted by molar-refractivity contribution is -0.123. The summed E-state index contributed by atoms with van der Waals surface area (Å²) in [6.07, 6.45) is 6.15. The number of aliphatic imine (C=N–C) groups is 1. The Morgan fingerprint density at radius 1 is 1.03 bits per heavy atom. The largest absolute Gasteiger partial charge is 0.493 e. The normalized spacial score (nSPS) is 18.4. The molecule has 5 rings (SSSR count). The standard InChI is InChI=1S/C29H27FN2O3S/c1-34-26-17-21(13-16-25(26)35-19-20-11-14-22(30)15-12-20)18-27-28(33)32(24-9-5-6-10-24)29(36-27)31-23-7-3-2-4-8-23/h2-4,7-8,11-18,24H,5-6,9-10,19H2,1H3/b27-18-,31-29?. The highest BCUT2D eigenvalue weighted by atomic mass is 32.2. The van der Waals surface area contributed by atoms with Crippen molar-refractivity contribution in [1.29, 1.82) is 0 Å². The van der Waals surface area contributed by atoms with Gasteiger partial charge < -0.3 is 9.47 Å². The molecule has 7 heteroatoms. The number of ether oxygens (including phenoxy) is 2. The Morgan fingerprint density at radius 3 is 2.50 bits per heavy atom. The van der Waals surface area contributed by atoms with Crippen LogP contribution in [0.4, 0.5) is 10.1 Å². The van der Waals surface area contributed by atoms with E-state index in [2.05, 4.69) is 0 Å².